The number of Topliss-reactive ketones (excluding diaryl/α,β-unsaturated/α-hetero) is 1. The molecule has 146 valence electrons. The molecule has 3 atom stereocenters. The maximum absolute atomic E-state index is 12.8. The lowest BCUT2D eigenvalue weighted by molar-refractivity contribution is -0.115. The van der Waals surface area contributed by atoms with E-state index in [-0.39, 0.29) is 23.5 Å². The molecule has 1 aliphatic heterocycles. The normalized spacial score (nSPS) is 27.0. The lowest BCUT2D eigenvalue weighted by atomic mass is 9.95. The van der Waals surface area contributed by atoms with Crippen molar-refractivity contribution in [2.24, 2.45) is 5.92 Å². The molecule has 3 aliphatic rings. The molecule has 3 unspecified atom stereocenters. The number of aromatic nitrogens is 2. The fourth-order valence-electron chi connectivity index (χ4n) is 4.71. The number of ether oxygens (including phenoxy) is 1. The molecule has 29 heavy (non-hydrogen) atoms. The Morgan fingerprint density at radius 2 is 1.93 bits per heavy atom. The molecule has 1 amide bonds. The van der Waals surface area contributed by atoms with Crippen molar-refractivity contribution in [2.45, 2.75) is 38.8 Å². The van der Waals surface area contributed by atoms with E-state index in [4.69, 9.17) is 4.74 Å². The molecule has 1 aromatic heterocycles. The number of hydrogen-bond acceptors (Lipinski definition) is 5. The molecule has 0 saturated heterocycles. The zero-order valence-electron chi connectivity index (χ0n) is 16.3. The highest BCUT2D eigenvalue weighted by molar-refractivity contribution is 6.08. The van der Waals surface area contributed by atoms with Gasteiger partial charge in [0.15, 0.2) is 11.6 Å². The minimum absolute atomic E-state index is 0.128. The molecule has 0 spiro atoms. The summed E-state index contributed by atoms with van der Waals surface area (Å²) in [6.45, 7) is 3.65. The third-order valence-corrected chi connectivity index (χ3v) is 6.36. The van der Waals surface area contributed by atoms with Crippen LogP contribution in [0, 0.1) is 5.92 Å². The number of ketones is 1. The second kappa shape index (κ2) is 6.65. The smallest absolute Gasteiger partial charge is 0.258 e. The van der Waals surface area contributed by atoms with Crippen LogP contribution in [0.25, 0.3) is 0 Å². The van der Waals surface area contributed by atoms with Crippen LogP contribution < -0.4 is 4.90 Å². The van der Waals surface area contributed by atoms with E-state index in [0.29, 0.717) is 17.8 Å². The van der Waals surface area contributed by atoms with Crippen LogP contribution in [0.4, 0.5) is 5.82 Å². The van der Waals surface area contributed by atoms with Gasteiger partial charge in [-0.3, -0.25) is 19.5 Å². The Labute approximate surface area is 168 Å². The van der Waals surface area contributed by atoms with Crippen LogP contribution in [0.5, 0.6) is 0 Å². The first-order chi connectivity index (χ1) is 14.1. The van der Waals surface area contributed by atoms with E-state index in [1.165, 1.54) is 22.2 Å². The molecule has 2 aliphatic carbocycles. The number of benzene rings is 1. The molecule has 6 nitrogen and oxygen atoms in total. The molecule has 0 bridgehead atoms. The highest BCUT2D eigenvalue weighted by atomic mass is 16.5. The van der Waals surface area contributed by atoms with E-state index in [9.17, 15) is 9.59 Å². The standard InChI is InChI=1S/C23H21N3O3/c1-13-14(2)23(26(22(13)28)21-11-24-7-8-25-21)29-12-19-17-9-15-5-3-4-6-16(15)18(17)10-20(19)27/h3-8,11-12,17-18,23H,9-10H2,1-2H3/b19-12+. The summed E-state index contributed by atoms with van der Waals surface area (Å²) in [5, 5.41) is 0. The first kappa shape index (κ1) is 17.8. The largest absolute Gasteiger partial charge is 0.473 e. The first-order valence-corrected chi connectivity index (χ1v) is 9.79. The van der Waals surface area contributed by atoms with Gasteiger partial charge in [-0.25, -0.2) is 4.98 Å². The first-order valence-electron chi connectivity index (χ1n) is 9.79. The van der Waals surface area contributed by atoms with Crippen molar-refractivity contribution in [3.63, 3.8) is 0 Å². The fourth-order valence-corrected chi connectivity index (χ4v) is 4.71. The number of amides is 1. The van der Waals surface area contributed by atoms with E-state index in [1.807, 2.05) is 19.1 Å². The number of anilines is 1. The summed E-state index contributed by atoms with van der Waals surface area (Å²) >= 11 is 0. The van der Waals surface area contributed by atoms with Crippen LogP contribution in [0.15, 0.2) is 65.8 Å². The molecule has 1 saturated carbocycles. The second-order valence-electron chi connectivity index (χ2n) is 7.85. The topological polar surface area (TPSA) is 72.4 Å². The van der Waals surface area contributed by atoms with Crippen LogP contribution in [0.3, 0.4) is 0 Å². The van der Waals surface area contributed by atoms with Gasteiger partial charge in [0.25, 0.3) is 5.91 Å². The summed E-state index contributed by atoms with van der Waals surface area (Å²) in [6.07, 6.45) is 6.98. The Hall–Kier alpha value is -3.28. The van der Waals surface area contributed by atoms with E-state index < -0.39 is 6.23 Å². The van der Waals surface area contributed by atoms with E-state index in [2.05, 4.69) is 22.1 Å². The average Bonchev–Trinajstić information content (AvgIpc) is 3.31. The Kier molecular flexibility index (Phi) is 4.08. The predicted molar refractivity (Wildman–Crippen MR) is 107 cm³/mol. The summed E-state index contributed by atoms with van der Waals surface area (Å²) in [7, 11) is 0. The molecule has 1 aromatic carbocycles. The zero-order chi connectivity index (χ0) is 20.1. The van der Waals surface area contributed by atoms with E-state index in [1.54, 1.807) is 25.6 Å². The zero-order valence-corrected chi connectivity index (χ0v) is 16.3. The number of rotatable bonds is 3. The van der Waals surface area contributed by atoms with Gasteiger partial charge in [0.1, 0.15) is 0 Å². The van der Waals surface area contributed by atoms with Gasteiger partial charge in [0, 0.05) is 35.9 Å². The molecule has 6 heteroatoms. The SMILES string of the molecule is CC1=C(C)C(O/C=C2/C(=O)CC3c4ccccc4CC23)N(c2cnccn2)C1=O. The lowest BCUT2D eigenvalue weighted by Gasteiger charge is -2.25. The average molecular weight is 387 g/mol. The van der Waals surface area contributed by atoms with Gasteiger partial charge in [0.2, 0.25) is 6.23 Å². The van der Waals surface area contributed by atoms with Crippen LogP contribution in [-0.4, -0.2) is 27.9 Å². The minimum Gasteiger partial charge on any atom is -0.473 e. The summed E-state index contributed by atoms with van der Waals surface area (Å²) in [5.41, 5.74) is 4.75. The molecule has 0 N–H and O–H groups in total. The van der Waals surface area contributed by atoms with Crippen LogP contribution in [0.2, 0.25) is 0 Å². The Balaban J connectivity index is 1.44. The van der Waals surface area contributed by atoms with Gasteiger partial charge in [-0.1, -0.05) is 24.3 Å². The molecule has 5 rings (SSSR count). The molecule has 0 radical (unpaired) electrons. The van der Waals surface area contributed by atoms with Gasteiger partial charge in [-0.2, -0.15) is 0 Å². The number of carbonyl (C=O) groups excluding carboxylic acids is 2. The van der Waals surface area contributed by atoms with Crippen molar-refractivity contribution in [3.8, 4) is 0 Å². The summed E-state index contributed by atoms with van der Waals surface area (Å²) in [6, 6.07) is 8.34. The molecule has 1 fully saturated rings. The molecular formula is C23H21N3O3. The molecule has 2 aromatic rings. The number of allylic oxidation sites excluding steroid dienone is 1. The highest BCUT2D eigenvalue weighted by Gasteiger charge is 2.44. The number of hydrogen-bond donors (Lipinski definition) is 0. The highest BCUT2D eigenvalue weighted by Crippen LogP contribution is 2.49. The van der Waals surface area contributed by atoms with Gasteiger partial charge in [-0.15, -0.1) is 0 Å². The maximum Gasteiger partial charge on any atom is 0.258 e. The van der Waals surface area contributed by atoms with Crippen molar-refractivity contribution in [1.82, 2.24) is 9.97 Å². The maximum atomic E-state index is 12.8. The van der Waals surface area contributed by atoms with Crippen LogP contribution in [0.1, 0.15) is 37.3 Å². The lowest BCUT2D eigenvalue weighted by Crippen LogP contribution is -2.37. The van der Waals surface area contributed by atoms with Crippen molar-refractivity contribution in [2.75, 3.05) is 4.90 Å². The van der Waals surface area contributed by atoms with Crippen molar-refractivity contribution >= 4 is 17.5 Å². The number of fused-ring (bicyclic) bond motifs is 3. The molecular weight excluding hydrogens is 366 g/mol. The van der Waals surface area contributed by atoms with Gasteiger partial charge >= 0.3 is 0 Å². The summed E-state index contributed by atoms with van der Waals surface area (Å²) in [4.78, 5) is 35.3. The Morgan fingerprint density at radius 3 is 2.72 bits per heavy atom. The van der Waals surface area contributed by atoms with Crippen molar-refractivity contribution in [1.29, 1.82) is 0 Å². The third-order valence-electron chi connectivity index (χ3n) is 6.36. The Morgan fingerprint density at radius 1 is 1.10 bits per heavy atom. The number of nitrogens with zero attached hydrogens (tertiary/aromatic N) is 3. The van der Waals surface area contributed by atoms with Gasteiger partial charge in [-0.05, 0) is 42.9 Å². The van der Waals surface area contributed by atoms with Crippen LogP contribution >= 0.6 is 0 Å². The third kappa shape index (κ3) is 2.70. The minimum atomic E-state index is -0.623. The second-order valence-corrected chi connectivity index (χ2v) is 7.85. The van der Waals surface area contributed by atoms with Gasteiger partial charge < -0.3 is 4.74 Å². The predicted octanol–water partition coefficient (Wildman–Crippen LogP) is 3.32. The quantitative estimate of drug-likeness (QED) is 0.597. The molecule has 2 heterocycles. The van der Waals surface area contributed by atoms with Gasteiger partial charge in [0.05, 0.1) is 12.5 Å². The van der Waals surface area contributed by atoms with E-state index >= 15 is 0 Å². The fraction of sp³-hybridized carbons (Fsp3) is 0.304. The number of carbonyl (C=O) groups is 2. The van der Waals surface area contributed by atoms with Crippen molar-refractivity contribution < 1.29 is 14.3 Å². The van der Waals surface area contributed by atoms with Crippen LogP contribution in [-0.2, 0) is 20.7 Å². The summed E-state index contributed by atoms with van der Waals surface area (Å²) in [5.74, 6) is 0.778. The van der Waals surface area contributed by atoms with Crippen molar-refractivity contribution in [3.05, 3.63) is 77.0 Å². The van der Waals surface area contributed by atoms with E-state index in [0.717, 1.165) is 17.6 Å². The summed E-state index contributed by atoms with van der Waals surface area (Å²) < 4.78 is 6.08. The monoisotopic (exact) mass is 387 g/mol. The Bertz CT molecular complexity index is 1070.